The zero-order valence-electron chi connectivity index (χ0n) is 12.8. The van der Waals surface area contributed by atoms with Gasteiger partial charge in [0.15, 0.2) is 9.84 Å². The predicted octanol–water partition coefficient (Wildman–Crippen LogP) is 2.39. The van der Waals surface area contributed by atoms with Gasteiger partial charge in [-0.15, -0.1) is 0 Å². The highest BCUT2D eigenvalue weighted by Crippen LogP contribution is 2.14. The second-order valence-electron chi connectivity index (χ2n) is 5.84. The molecule has 0 amide bonds. The highest BCUT2D eigenvalue weighted by molar-refractivity contribution is 7.91. The lowest BCUT2D eigenvalue weighted by molar-refractivity contribution is 0.340. The average molecular weight is 299 g/mol. The molecule has 0 spiro atoms. The summed E-state index contributed by atoms with van der Waals surface area (Å²) in [6, 6.07) is 7.73. The molecule has 0 radical (unpaired) electrons. The van der Waals surface area contributed by atoms with Crippen molar-refractivity contribution in [2.75, 3.05) is 18.1 Å². The first-order valence-electron chi connectivity index (χ1n) is 6.89. The minimum atomic E-state index is -2.97. The molecule has 5 heteroatoms. The van der Waals surface area contributed by atoms with Gasteiger partial charge in [-0.05, 0) is 38.5 Å². The lowest BCUT2D eigenvalue weighted by atomic mass is 10.1. The van der Waals surface area contributed by atoms with Gasteiger partial charge in [0.05, 0.1) is 5.75 Å². The molecule has 0 fully saturated rings. The third-order valence-corrected chi connectivity index (χ3v) is 4.49. The summed E-state index contributed by atoms with van der Waals surface area (Å²) in [4.78, 5) is 0. The summed E-state index contributed by atoms with van der Waals surface area (Å²) >= 11 is 0. The fraction of sp³-hybridized carbons (Fsp3) is 0.600. The van der Waals surface area contributed by atoms with Crippen molar-refractivity contribution in [1.29, 1.82) is 0 Å². The van der Waals surface area contributed by atoms with Crippen LogP contribution >= 0.6 is 0 Å². The fourth-order valence-corrected chi connectivity index (χ4v) is 2.17. The van der Waals surface area contributed by atoms with E-state index < -0.39 is 9.84 Å². The van der Waals surface area contributed by atoms with Crippen LogP contribution in [0.5, 0.6) is 5.75 Å². The maximum Gasteiger partial charge on any atom is 0.153 e. The van der Waals surface area contributed by atoms with Crippen LogP contribution in [-0.4, -0.2) is 32.1 Å². The second-order valence-corrected chi connectivity index (χ2v) is 8.31. The largest absolute Gasteiger partial charge is 0.493 e. The molecule has 0 bridgehead atoms. The average Bonchev–Trinajstić information content (AvgIpc) is 2.36. The zero-order valence-corrected chi connectivity index (χ0v) is 13.6. The van der Waals surface area contributed by atoms with Gasteiger partial charge in [0.25, 0.3) is 0 Å². The first kappa shape index (κ1) is 17.0. The smallest absolute Gasteiger partial charge is 0.153 e. The summed E-state index contributed by atoms with van der Waals surface area (Å²) in [6.45, 7) is 8.95. The Morgan fingerprint density at radius 2 is 1.95 bits per heavy atom. The molecule has 0 aliphatic carbocycles. The molecule has 1 aromatic carbocycles. The molecule has 0 heterocycles. The van der Waals surface area contributed by atoms with Gasteiger partial charge in [0.2, 0.25) is 0 Å². The van der Waals surface area contributed by atoms with Crippen molar-refractivity contribution in [1.82, 2.24) is 5.32 Å². The van der Waals surface area contributed by atoms with Crippen molar-refractivity contribution < 1.29 is 13.2 Å². The molecule has 1 rings (SSSR count). The van der Waals surface area contributed by atoms with Gasteiger partial charge in [-0.2, -0.15) is 0 Å². The molecule has 1 N–H and O–H groups in total. The van der Waals surface area contributed by atoms with Crippen LogP contribution in [0, 0.1) is 0 Å². The summed E-state index contributed by atoms with van der Waals surface area (Å²) in [5.74, 6) is 0.935. The molecular weight excluding hydrogens is 274 g/mol. The van der Waals surface area contributed by atoms with Gasteiger partial charge in [-0.1, -0.05) is 19.1 Å². The van der Waals surface area contributed by atoms with Crippen molar-refractivity contribution in [3.8, 4) is 5.75 Å². The Bertz CT molecular complexity index is 518. The number of benzene rings is 1. The Kier molecular flexibility index (Phi) is 6.02. The van der Waals surface area contributed by atoms with Crippen LogP contribution in [0.25, 0.3) is 0 Å². The number of hydrogen-bond acceptors (Lipinski definition) is 4. The molecule has 4 nitrogen and oxygen atoms in total. The van der Waals surface area contributed by atoms with Gasteiger partial charge in [-0.25, -0.2) is 8.42 Å². The van der Waals surface area contributed by atoms with Crippen molar-refractivity contribution >= 4 is 9.84 Å². The lowest BCUT2D eigenvalue weighted by Gasteiger charge is -2.20. The Labute approximate surface area is 122 Å². The zero-order chi connectivity index (χ0) is 15.2. The van der Waals surface area contributed by atoms with E-state index in [-0.39, 0.29) is 23.7 Å². The van der Waals surface area contributed by atoms with Gasteiger partial charge in [0, 0.05) is 17.8 Å². The van der Waals surface area contributed by atoms with E-state index in [4.69, 9.17) is 4.74 Å². The molecule has 20 heavy (non-hydrogen) atoms. The van der Waals surface area contributed by atoms with Gasteiger partial charge < -0.3 is 10.1 Å². The normalized spacial score (nSPS) is 12.4. The summed E-state index contributed by atoms with van der Waals surface area (Å²) in [5, 5.41) is 3.40. The predicted molar refractivity (Wildman–Crippen MR) is 82.9 cm³/mol. The van der Waals surface area contributed by atoms with Crippen LogP contribution in [0.2, 0.25) is 0 Å². The summed E-state index contributed by atoms with van der Waals surface area (Å²) < 4.78 is 28.3. The van der Waals surface area contributed by atoms with E-state index in [2.05, 4.69) is 26.1 Å². The maximum atomic E-state index is 11.4. The number of rotatable bonds is 7. The van der Waals surface area contributed by atoms with Crippen LogP contribution in [0.15, 0.2) is 24.3 Å². The molecule has 114 valence electrons. The van der Waals surface area contributed by atoms with Gasteiger partial charge >= 0.3 is 0 Å². The van der Waals surface area contributed by atoms with Crippen LogP contribution in [0.1, 0.15) is 33.3 Å². The third-order valence-electron chi connectivity index (χ3n) is 2.82. The number of ether oxygens (including phenoxy) is 1. The van der Waals surface area contributed by atoms with E-state index >= 15 is 0 Å². The number of hydrogen-bond donors (Lipinski definition) is 1. The van der Waals surface area contributed by atoms with Gasteiger partial charge in [0.1, 0.15) is 12.4 Å². The van der Waals surface area contributed by atoms with E-state index in [0.717, 1.165) is 12.1 Å². The maximum absolute atomic E-state index is 11.4. The Morgan fingerprint density at radius 3 is 2.55 bits per heavy atom. The molecule has 0 aliphatic heterocycles. The van der Waals surface area contributed by atoms with Crippen molar-refractivity contribution in [2.24, 2.45) is 0 Å². The van der Waals surface area contributed by atoms with E-state index in [1.807, 2.05) is 24.3 Å². The van der Waals surface area contributed by atoms with E-state index in [9.17, 15) is 8.42 Å². The molecule has 0 saturated carbocycles. The van der Waals surface area contributed by atoms with Gasteiger partial charge in [-0.3, -0.25) is 0 Å². The quantitative estimate of drug-likeness (QED) is 0.840. The molecule has 0 saturated heterocycles. The van der Waals surface area contributed by atoms with Crippen LogP contribution in [0.4, 0.5) is 0 Å². The van der Waals surface area contributed by atoms with E-state index in [1.165, 1.54) is 0 Å². The van der Waals surface area contributed by atoms with E-state index in [0.29, 0.717) is 5.75 Å². The summed E-state index contributed by atoms with van der Waals surface area (Å²) in [7, 11) is -2.97. The van der Waals surface area contributed by atoms with Crippen LogP contribution < -0.4 is 10.1 Å². The minimum Gasteiger partial charge on any atom is -0.493 e. The van der Waals surface area contributed by atoms with E-state index in [1.54, 1.807) is 6.92 Å². The second kappa shape index (κ2) is 7.09. The molecule has 0 atom stereocenters. The van der Waals surface area contributed by atoms with Crippen molar-refractivity contribution in [2.45, 2.75) is 39.8 Å². The lowest BCUT2D eigenvalue weighted by Crippen LogP contribution is -2.35. The molecule has 0 aliphatic rings. The number of nitrogens with one attached hydrogen (secondary N) is 1. The molecule has 0 unspecified atom stereocenters. The SMILES string of the molecule is CCS(=O)(=O)CCOc1cccc(CNC(C)(C)C)c1. The number of sulfone groups is 1. The summed E-state index contributed by atoms with van der Waals surface area (Å²) in [6.07, 6.45) is 0. The first-order chi connectivity index (χ1) is 9.22. The minimum absolute atomic E-state index is 0.0616. The standard InChI is InChI=1S/C15H25NO3S/c1-5-20(17,18)10-9-19-14-8-6-7-13(11-14)12-16-15(2,3)4/h6-8,11,16H,5,9-10,12H2,1-4H3. The first-order valence-corrected chi connectivity index (χ1v) is 8.71. The monoisotopic (exact) mass is 299 g/mol. The Morgan fingerprint density at radius 1 is 1.25 bits per heavy atom. The molecule has 1 aromatic rings. The Hall–Kier alpha value is -1.07. The Balaban J connectivity index is 2.52. The summed E-state index contributed by atoms with van der Waals surface area (Å²) in [5.41, 5.74) is 1.18. The fourth-order valence-electron chi connectivity index (χ4n) is 1.54. The molecule has 0 aromatic heterocycles. The topological polar surface area (TPSA) is 55.4 Å². The highest BCUT2D eigenvalue weighted by atomic mass is 32.2. The highest BCUT2D eigenvalue weighted by Gasteiger charge is 2.09. The van der Waals surface area contributed by atoms with Crippen LogP contribution in [0.3, 0.4) is 0 Å². The van der Waals surface area contributed by atoms with Crippen molar-refractivity contribution in [3.63, 3.8) is 0 Å². The third kappa shape index (κ3) is 6.91. The van der Waals surface area contributed by atoms with Crippen LogP contribution in [-0.2, 0) is 16.4 Å². The van der Waals surface area contributed by atoms with Crippen molar-refractivity contribution in [3.05, 3.63) is 29.8 Å². The molecular formula is C15H25NO3S.